The summed E-state index contributed by atoms with van der Waals surface area (Å²) in [4.78, 5) is 20.6. The Hall–Kier alpha value is -7.34. The van der Waals surface area contributed by atoms with E-state index in [0.29, 0.717) is 17.5 Å². The summed E-state index contributed by atoms with van der Waals surface area (Å²) in [6.45, 7) is 0. The van der Waals surface area contributed by atoms with Crippen molar-refractivity contribution in [1.29, 1.82) is 0 Å². The van der Waals surface area contributed by atoms with Crippen molar-refractivity contribution in [3.8, 4) is 67.0 Å². The van der Waals surface area contributed by atoms with Crippen molar-refractivity contribution in [2.24, 2.45) is 0 Å². The topological polar surface area (TPSA) is 51.6 Å². The minimum absolute atomic E-state index is 0.485. The summed E-state index contributed by atoms with van der Waals surface area (Å²) < 4.78 is 1.07. The maximum absolute atomic E-state index is 5.40. The van der Waals surface area contributed by atoms with Crippen molar-refractivity contribution in [2.45, 2.75) is 5.41 Å². The molecule has 0 saturated heterocycles. The Morgan fingerprint density at radius 1 is 0.328 bits per heavy atom. The molecule has 0 spiro atoms. The molecule has 0 fully saturated rings. The number of fused-ring (bicyclic) bond motifs is 4. The van der Waals surface area contributed by atoms with E-state index in [1.807, 2.05) is 36.4 Å². The first-order chi connectivity index (χ1) is 28.7. The maximum Gasteiger partial charge on any atom is 0.166 e. The highest BCUT2D eigenvalue weighted by atomic mass is 32.1. The first-order valence-electron chi connectivity index (χ1n) is 19.5. The predicted molar refractivity (Wildman–Crippen MR) is 237 cm³/mol. The fourth-order valence-electron chi connectivity index (χ4n) is 8.61. The fourth-order valence-corrected chi connectivity index (χ4v) is 9.60. The molecule has 0 N–H and O–H groups in total. The van der Waals surface area contributed by atoms with E-state index in [4.69, 9.17) is 19.9 Å². The monoisotopic (exact) mass is 758 g/mol. The Labute approximate surface area is 340 Å². The standard InChI is InChI=1S/C53H34N4S/c1-5-16-35(17-6-1)36-28-30-38(31-29-36)50-55-49(37-18-7-2-8-19-37)56-51(57-50)44-25-15-27-47-48(44)54-52(58-47)39-32-33-43-42-24-13-14-26-45(42)53(46(43)34-39,40-20-9-3-10-21-40)41-22-11-4-12-23-41/h1-34H. The van der Waals surface area contributed by atoms with Crippen LogP contribution in [0.15, 0.2) is 206 Å². The minimum atomic E-state index is -0.485. The van der Waals surface area contributed by atoms with E-state index < -0.39 is 5.41 Å². The second kappa shape index (κ2) is 14.0. The van der Waals surface area contributed by atoms with E-state index in [2.05, 4.69) is 170 Å². The van der Waals surface area contributed by atoms with Gasteiger partial charge in [0, 0.05) is 22.3 Å². The molecule has 0 amide bonds. The summed E-state index contributed by atoms with van der Waals surface area (Å²) in [7, 11) is 0. The van der Waals surface area contributed by atoms with Gasteiger partial charge >= 0.3 is 0 Å². The molecule has 8 aromatic carbocycles. The van der Waals surface area contributed by atoms with Crippen LogP contribution < -0.4 is 0 Å². The van der Waals surface area contributed by atoms with Crippen molar-refractivity contribution in [3.63, 3.8) is 0 Å². The Morgan fingerprint density at radius 3 is 1.48 bits per heavy atom. The van der Waals surface area contributed by atoms with Gasteiger partial charge in [0.1, 0.15) is 5.01 Å². The zero-order valence-electron chi connectivity index (χ0n) is 31.3. The van der Waals surface area contributed by atoms with E-state index in [1.54, 1.807) is 11.3 Å². The number of benzene rings is 8. The van der Waals surface area contributed by atoms with Gasteiger partial charge in [0.05, 0.1) is 15.6 Å². The van der Waals surface area contributed by atoms with Crippen LogP contribution in [0.2, 0.25) is 0 Å². The van der Waals surface area contributed by atoms with Crippen LogP contribution in [-0.4, -0.2) is 19.9 Å². The summed E-state index contributed by atoms with van der Waals surface area (Å²) in [5, 5.41) is 0.949. The van der Waals surface area contributed by atoms with Gasteiger partial charge < -0.3 is 0 Å². The van der Waals surface area contributed by atoms with Crippen LogP contribution in [0.3, 0.4) is 0 Å². The molecule has 11 rings (SSSR count). The van der Waals surface area contributed by atoms with Crippen LogP contribution in [0, 0.1) is 0 Å². The zero-order chi connectivity index (χ0) is 38.5. The van der Waals surface area contributed by atoms with Crippen molar-refractivity contribution in [2.75, 3.05) is 0 Å². The number of hydrogen-bond acceptors (Lipinski definition) is 5. The normalized spacial score (nSPS) is 12.6. The van der Waals surface area contributed by atoms with Gasteiger partial charge in [-0.3, -0.25) is 0 Å². The fraction of sp³-hybridized carbons (Fsp3) is 0.0189. The lowest BCUT2D eigenvalue weighted by Crippen LogP contribution is -2.28. The molecular formula is C53H34N4S. The third kappa shape index (κ3) is 5.59. The third-order valence-electron chi connectivity index (χ3n) is 11.3. The van der Waals surface area contributed by atoms with Crippen molar-refractivity contribution in [1.82, 2.24) is 19.9 Å². The lowest BCUT2D eigenvalue weighted by Gasteiger charge is -2.34. The van der Waals surface area contributed by atoms with Crippen molar-refractivity contribution in [3.05, 3.63) is 229 Å². The molecule has 0 bridgehead atoms. The predicted octanol–water partition coefficient (Wildman–Crippen LogP) is 13.2. The van der Waals surface area contributed by atoms with Gasteiger partial charge in [-0.2, -0.15) is 0 Å². The van der Waals surface area contributed by atoms with Gasteiger partial charge in [-0.15, -0.1) is 11.3 Å². The number of rotatable bonds is 7. The average Bonchev–Trinajstić information content (AvgIpc) is 3.88. The maximum atomic E-state index is 5.40. The molecule has 0 saturated carbocycles. The highest BCUT2D eigenvalue weighted by molar-refractivity contribution is 7.21. The number of nitrogens with zero attached hydrogens (tertiary/aromatic N) is 4. The number of hydrogen-bond donors (Lipinski definition) is 0. The Balaban J connectivity index is 1.06. The first kappa shape index (κ1) is 34.0. The molecule has 58 heavy (non-hydrogen) atoms. The van der Waals surface area contributed by atoms with E-state index in [9.17, 15) is 0 Å². The van der Waals surface area contributed by atoms with Crippen LogP contribution in [0.4, 0.5) is 0 Å². The van der Waals surface area contributed by atoms with Crippen LogP contribution in [-0.2, 0) is 5.41 Å². The van der Waals surface area contributed by atoms with Crippen LogP contribution in [0.1, 0.15) is 22.3 Å². The molecule has 0 atom stereocenters. The molecule has 2 aromatic heterocycles. The smallest absolute Gasteiger partial charge is 0.166 e. The quantitative estimate of drug-likeness (QED) is 0.162. The van der Waals surface area contributed by atoms with E-state index in [0.717, 1.165) is 43.0 Å². The van der Waals surface area contributed by atoms with Gasteiger partial charge in [0.25, 0.3) is 0 Å². The molecule has 4 nitrogen and oxygen atoms in total. The van der Waals surface area contributed by atoms with Gasteiger partial charge in [0.15, 0.2) is 17.5 Å². The molecular weight excluding hydrogens is 725 g/mol. The lowest BCUT2D eigenvalue weighted by atomic mass is 9.67. The Kier molecular flexibility index (Phi) is 8.19. The van der Waals surface area contributed by atoms with Crippen molar-refractivity contribution >= 4 is 21.6 Å². The number of aromatic nitrogens is 4. The third-order valence-corrected chi connectivity index (χ3v) is 12.4. The van der Waals surface area contributed by atoms with Gasteiger partial charge in [-0.05, 0) is 62.7 Å². The summed E-state index contributed by atoms with van der Waals surface area (Å²) in [6.07, 6.45) is 0. The summed E-state index contributed by atoms with van der Waals surface area (Å²) in [5.41, 5.74) is 14.0. The molecule has 10 aromatic rings. The highest BCUT2D eigenvalue weighted by Gasteiger charge is 2.46. The molecule has 2 heterocycles. The molecule has 0 radical (unpaired) electrons. The lowest BCUT2D eigenvalue weighted by molar-refractivity contribution is 0.769. The van der Waals surface area contributed by atoms with E-state index in [1.165, 1.54) is 38.9 Å². The summed E-state index contributed by atoms with van der Waals surface area (Å²) in [6, 6.07) is 72.9. The number of para-hydroxylation sites is 1. The summed E-state index contributed by atoms with van der Waals surface area (Å²) >= 11 is 1.70. The largest absolute Gasteiger partial charge is 0.235 e. The van der Waals surface area contributed by atoms with Gasteiger partial charge in [-0.1, -0.05) is 188 Å². The van der Waals surface area contributed by atoms with Crippen LogP contribution >= 0.6 is 11.3 Å². The molecule has 1 aliphatic carbocycles. The minimum Gasteiger partial charge on any atom is -0.235 e. The number of thiazole rings is 1. The second-order valence-electron chi connectivity index (χ2n) is 14.6. The SMILES string of the molecule is c1ccc(-c2ccc(-c3nc(-c4ccccc4)nc(-c4cccc5sc(-c6ccc7c(c6)C(c6ccccc6)(c6ccccc6)c6ccccc6-7)nc45)n3)cc2)cc1. The Morgan fingerprint density at radius 2 is 0.810 bits per heavy atom. The van der Waals surface area contributed by atoms with E-state index >= 15 is 0 Å². The van der Waals surface area contributed by atoms with Gasteiger partial charge in [0.2, 0.25) is 0 Å². The molecule has 1 aliphatic rings. The summed E-state index contributed by atoms with van der Waals surface area (Å²) in [5.74, 6) is 1.83. The van der Waals surface area contributed by atoms with E-state index in [-0.39, 0.29) is 0 Å². The average molecular weight is 759 g/mol. The highest BCUT2D eigenvalue weighted by Crippen LogP contribution is 2.56. The molecule has 272 valence electrons. The van der Waals surface area contributed by atoms with Gasteiger partial charge in [-0.25, -0.2) is 19.9 Å². The zero-order valence-corrected chi connectivity index (χ0v) is 32.1. The molecule has 0 aliphatic heterocycles. The molecule has 5 heteroatoms. The van der Waals surface area contributed by atoms with Crippen LogP contribution in [0.5, 0.6) is 0 Å². The van der Waals surface area contributed by atoms with Crippen LogP contribution in [0.25, 0.3) is 77.2 Å². The van der Waals surface area contributed by atoms with Crippen molar-refractivity contribution < 1.29 is 0 Å². The Bertz CT molecular complexity index is 3050. The molecule has 0 unspecified atom stereocenters. The second-order valence-corrected chi connectivity index (χ2v) is 15.6. The first-order valence-corrected chi connectivity index (χ1v) is 20.3.